The molecule has 0 spiro atoms. The number of aliphatic hydroxyl groups is 1. The molecular formula is C11H19FO3. The molecule has 1 aliphatic carbocycles. The average Bonchev–Trinajstić information content (AvgIpc) is 1.97. The van der Waals surface area contributed by atoms with Crippen LogP contribution in [0.3, 0.4) is 0 Å². The Labute approximate surface area is 89.3 Å². The van der Waals surface area contributed by atoms with Crippen molar-refractivity contribution in [2.75, 3.05) is 0 Å². The Kier molecular flexibility index (Phi) is 3.10. The van der Waals surface area contributed by atoms with Gasteiger partial charge in [0.1, 0.15) is 5.60 Å². The minimum absolute atomic E-state index is 0.149. The summed E-state index contributed by atoms with van der Waals surface area (Å²) in [7, 11) is 0. The molecule has 0 aromatic rings. The van der Waals surface area contributed by atoms with Gasteiger partial charge in [-0.05, 0) is 30.6 Å². The monoisotopic (exact) mass is 218 g/mol. The zero-order valence-corrected chi connectivity index (χ0v) is 9.46. The molecule has 0 bridgehead atoms. The molecule has 0 heterocycles. The Bertz CT molecular complexity index is 265. The van der Waals surface area contributed by atoms with Crippen LogP contribution in [-0.4, -0.2) is 28.0 Å². The molecule has 4 heteroatoms. The van der Waals surface area contributed by atoms with Gasteiger partial charge in [0.05, 0.1) is 0 Å². The van der Waals surface area contributed by atoms with Crippen LogP contribution in [-0.2, 0) is 4.79 Å². The first-order chi connectivity index (χ1) is 6.66. The third-order valence-electron chi connectivity index (χ3n) is 3.08. The van der Waals surface area contributed by atoms with Crippen LogP contribution in [0.4, 0.5) is 4.39 Å². The van der Waals surface area contributed by atoms with Crippen molar-refractivity contribution >= 4 is 5.97 Å². The number of halogens is 1. The van der Waals surface area contributed by atoms with E-state index in [9.17, 15) is 14.3 Å². The minimum Gasteiger partial charge on any atom is -0.479 e. The van der Waals surface area contributed by atoms with Crippen LogP contribution in [0.2, 0.25) is 0 Å². The lowest BCUT2D eigenvalue weighted by atomic mass is 9.64. The lowest BCUT2D eigenvalue weighted by molar-refractivity contribution is -0.163. The van der Waals surface area contributed by atoms with E-state index in [2.05, 4.69) is 0 Å². The van der Waals surface area contributed by atoms with Crippen LogP contribution >= 0.6 is 0 Å². The Morgan fingerprint density at radius 2 is 2.00 bits per heavy atom. The van der Waals surface area contributed by atoms with E-state index in [4.69, 9.17) is 5.11 Å². The Morgan fingerprint density at radius 1 is 1.47 bits per heavy atom. The van der Waals surface area contributed by atoms with Gasteiger partial charge < -0.3 is 10.2 Å². The molecule has 3 atom stereocenters. The van der Waals surface area contributed by atoms with E-state index in [0.29, 0.717) is 0 Å². The number of carboxylic acids is 1. The molecule has 2 N–H and O–H groups in total. The lowest BCUT2D eigenvalue weighted by Crippen LogP contribution is -2.51. The summed E-state index contributed by atoms with van der Waals surface area (Å²) in [6.45, 7) is 5.78. The van der Waals surface area contributed by atoms with Crippen LogP contribution < -0.4 is 0 Å². The van der Waals surface area contributed by atoms with E-state index < -0.39 is 17.7 Å². The maximum Gasteiger partial charge on any atom is 0.341 e. The quantitative estimate of drug-likeness (QED) is 0.745. The maximum atomic E-state index is 13.5. The van der Waals surface area contributed by atoms with Crippen LogP contribution in [0.25, 0.3) is 0 Å². The number of carbonyl (C=O) groups is 1. The molecule has 0 amide bonds. The van der Waals surface area contributed by atoms with E-state index in [1.807, 2.05) is 20.8 Å². The summed E-state index contributed by atoms with van der Waals surface area (Å²) in [5.74, 6) is -1.42. The van der Waals surface area contributed by atoms with Gasteiger partial charge in [-0.1, -0.05) is 20.8 Å². The Balaban J connectivity index is 2.88. The van der Waals surface area contributed by atoms with Crippen molar-refractivity contribution in [2.45, 2.75) is 51.8 Å². The number of hydrogen-bond acceptors (Lipinski definition) is 2. The number of carboxylic acid groups (broad SMARTS) is 1. The summed E-state index contributed by atoms with van der Waals surface area (Å²) in [5, 5.41) is 18.7. The minimum atomic E-state index is -2.18. The molecule has 3 nitrogen and oxygen atoms in total. The lowest BCUT2D eigenvalue weighted by Gasteiger charge is -2.44. The highest BCUT2D eigenvalue weighted by Crippen LogP contribution is 2.45. The van der Waals surface area contributed by atoms with Gasteiger partial charge in [-0.15, -0.1) is 0 Å². The van der Waals surface area contributed by atoms with Crippen molar-refractivity contribution in [3.8, 4) is 0 Å². The summed E-state index contributed by atoms with van der Waals surface area (Å²) < 4.78 is 13.5. The Hall–Kier alpha value is -0.640. The predicted octanol–water partition coefficient (Wildman–Crippen LogP) is 1.99. The van der Waals surface area contributed by atoms with Gasteiger partial charge in [0.2, 0.25) is 6.17 Å². The number of aliphatic carboxylic acids is 1. The zero-order chi connectivity index (χ0) is 11.9. The summed E-state index contributed by atoms with van der Waals surface area (Å²) in [6, 6.07) is 0. The number of rotatable bonds is 2. The second kappa shape index (κ2) is 3.74. The van der Waals surface area contributed by atoms with Crippen LogP contribution in [0.5, 0.6) is 0 Å². The van der Waals surface area contributed by atoms with Gasteiger partial charge in [-0.2, -0.15) is 0 Å². The van der Waals surface area contributed by atoms with Gasteiger partial charge in [-0.3, -0.25) is 0 Å². The van der Waals surface area contributed by atoms with Crippen molar-refractivity contribution < 1.29 is 19.4 Å². The first-order valence-electron chi connectivity index (χ1n) is 5.25. The second-order valence-corrected chi connectivity index (χ2v) is 5.66. The van der Waals surface area contributed by atoms with E-state index in [1.165, 1.54) is 0 Å². The first kappa shape index (κ1) is 12.4. The van der Waals surface area contributed by atoms with Gasteiger partial charge in [0, 0.05) is 0 Å². The van der Waals surface area contributed by atoms with Gasteiger partial charge in [-0.25, -0.2) is 9.18 Å². The second-order valence-electron chi connectivity index (χ2n) is 5.66. The third-order valence-corrected chi connectivity index (χ3v) is 3.08. The number of alkyl halides is 1. The largest absolute Gasteiger partial charge is 0.479 e. The summed E-state index contributed by atoms with van der Waals surface area (Å²) in [6.07, 6.45) is -0.858. The SMILES string of the molecule is CC1CC(C)(C)CC(O)(C(F)C(=O)O)C1. The topological polar surface area (TPSA) is 57.5 Å². The van der Waals surface area contributed by atoms with Crippen LogP contribution in [0, 0.1) is 11.3 Å². The standard InChI is InChI=1S/C11H19FO3/c1-7-4-10(2,3)6-11(15,5-7)8(12)9(13)14/h7-8,15H,4-6H2,1-3H3,(H,13,14). The van der Waals surface area contributed by atoms with E-state index in [1.54, 1.807) is 0 Å². The summed E-state index contributed by atoms with van der Waals surface area (Å²) in [4.78, 5) is 10.6. The highest BCUT2D eigenvalue weighted by molar-refractivity contribution is 5.73. The molecule has 1 rings (SSSR count). The molecule has 0 aliphatic heterocycles. The van der Waals surface area contributed by atoms with Gasteiger partial charge >= 0.3 is 5.97 Å². The molecule has 15 heavy (non-hydrogen) atoms. The van der Waals surface area contributed by atoms with Crippen LogP contribution in [0.1, 0.15) is 40.0 Å². The van der Waals surface area contributed by atoms with Crippen molar-refractivity contribution in [1.29, 1.82) is 0 Å². The van der Waals surface area contributed by atoms with Gasteiger partial charge in [0.25, 0.3) is 0 Å². The molecule has 0 saturated heterocycles. The van der Waals surface area contributed by atoms with Crippen molar-refractivity contribution in [1.82, 2.24) is 0 Å². The predicted molar refractivity (Wildman–Crippen MR) is 54.3 cm³/mol. The summed E-state index contributed by atoms with van der Waals surface area (Å²) >= 11 is 0. The van der Waals surface area contributed by atoms with Gasteiger partial charge in [0.15, 0.2) is 0 Å². The Morgan fingerprint density at radius 3 is 2.40 bits per heavy atom. The van der Waals surface area contributed by atoms with E-state index in [0.717, 1.165) is 6.42 Å². The first-order valence-corrected chi connectivity index (χ1v) is 5.25. The molecule has 0 radical (unpaired) electrons. The fourth-order valence-corrected chi connectivity index (χ4v) is 3.01. The normalized spacial score (nSPS) is 37.3. The third kappa shape index (κ3) is 2.68. The highest BCUT2D eigenvalue weighted by atomic mass is 19.1. The summed E-state index contributed by atoms with van der Waals surface area (Å²) in [5.41, 5.74) is -1.90. The fourth-order valence-electron chi connectivity index (χ4n) is 3.01. The maximum absolute atomic E-state index is 13.5. The van der Waals surface area contributed by atoms with Crippen molar-refractivity contribution in [3.05, 3.63) is 0 Å². The molecule has 88 valence electrons. The molecule has 1 saturated carbocycles. The highest BCUT2D eigenvalue weighted by Gasteiger charge is 2.49. The van der Waals surface area contributed by atoms with Crippen molar-refractivity contribution in [3.63, 3.8) is 0 Å². The fraction of sp³-hybridized carbons (Fsp3) is 0.909. The molecular weight excluding hydrogens is 199 g/mol. The molecule has 3 unspecified atom stereocenters. The average molecular weight is 218 g/mol. The molecule has 0 aromatic carbocycles. The zero-order valence-electron chi connectivity index (χ0n) is 9.46. The van der Waals surface area contributed by atoms with E-state index >= 15 is 0 Å². The number of hydrogen-bond donors (Lipinski definition) is 2. The van der Waals surface area contributed by atoms with Crippen molar-refractivity contribution in [2.24, 2.45) is 11.3 Å². The smallest absolute Gasteiger partial charge is 0.341 e. The van der Waals surface area contributed by atoms with Crippen LogP contribution in [0.15, 0.2) is 0 Å². The van der Waals surface area contributed by atoms with E-state index in [-0.39, 0.29) is 24.2 Å². The molecule has 1 aliphatic rings. The molecule has 0 aromatic heterocycles. The molecule has 1 fully saturated rings.